The molecule has 1 amide bonds. The highest BCUT2D eigenvalue weighted by Crippen LogP contribution is 2.32. The summed E-state index contributed by atoms with van der Waals surface area (Å²) in [6, 6.07) is 11.9. The van der Waals surface area contributed by atoms with Crippen molar-refractivity contribution in [3.05, 3.63) is 64.8 Å². The van der Waals surface area contributed by atoms with Gasteiger partial charge in [0.15, 0.2) is 0 Å². The number of carbonyl (C=O) groups excluding carboxylic acids is 1. The molecule has 7 nitrogen and oxygen atoms in total. The average molecular weight is 465 g/mol. The van der Waals surface area contributed by atoms with E-state index in [1.165, 1.54) is 6.07 Å². The Kier molecular flexibility index (Phi) is 7.30. The standard InChI is InChI=1S/C25H25ClN4O3/c26-19-8-11-23(32)21(15-19)24-18(16-30(29-24)13-14-31)7-4-17-5-9-20(10-6-17)28-25(33)22-3-1-2-12-27-22/h5-6,8-11,15-16,22,27,31-32H,1-3,12-14H2,(H,28,33). The van der Waals surface area contributed by atoms with Crippen LogP contribution in [0.5, 0.6) is 5.75 Å². The van der Waals surface area contributed by atoms with Gasteiger partial charge in [0.05, 0.1) is 24.8 Å². The summed E-state index contributed by atoms with van der Waals surface area (Å²) in [5.74, 6) is 6.23. The Morgan fingerprint density at radius 2 is 2.03 bits per heavy atom. The zero-order valence-corrected chi connectivity index (χ0v) is 18.8. The van der Waals surface area contributed by atoms with E-state index >= 15 is 0 Å². The Morgan fingerprint density at radius 1 is 1.21 bits per heavy atom. The summed E-state index contributed by atoms with van der Waals surface area (Å²) in [6.07, 6.45) is 4.74. The van der Waals surface area contributed by atoms with Gasteiger partial charge in [-0.15, -0.1) is 0 Å². The zero-order valence-electron chi connectivity index (χ0n) is 18.0. The lowest BCUT2D eigenvalue weighted by molar-refractivity contribution is -0.118. The first kappa shape index (κ1) is 22.9. The van der Waals surface area contributed by atoms with Crippen molar-refractivity contribution in [2.24, 2.45) is 0 Å². The van der Waals surface area contributed by atoms with Gasteiger partial charge in [-0.25, -0.2) is 0 Å². The normalized spacial score (nSPS) is 15.5. The van der Waals surface area contributed by atoms with E-state index in [0.29, 0.717) is 28.4 Å². The molecule has 33 heavy (non-hydrogen) atoms. The number of aliphatic hydroxyl groups excluding tert-OH is 1. The van der Waals surface area contributed by atoms with Crippen LogP contribution in [0.4, 0.5) is 5.69 Å². The van der Waals surface area contributed by atoms with Crippen LogP contribution in [0.3, 0.4) is 0 Å². The summed E-state index contributed by atoms with van der Waals surface area (Å²) in [7, 11) is 0. The second-order valence-corrected chi connectivity index (χ2v) is 8.30. The molecule has 8 heteroatoms. The molecule has 1 aliphatic heterocycles. The molecule has 1 aromatic heterocycles. The topological polar surface area (TPSA) is 99.4 Å². The van der Waals surface area contributed by atoms with Gasteiger partial charge in [0.1, 0.15) is 11.4 Å². The number of phenols is 1. The number of phenolic OH excluding ortho intramolecular Hbond substituents is 1. The van der Waals surface area contributed by atoms with Crippen molar-refractivity contribution < 1.29 is 15.0 Å². The number of aromatic nitrogens is 2. The molecule has 1 unspecified atom stereocenters. The lowest BCUT2D eigenvalue weighted by Crippen LogP contribution is -2.43. The van der Waals surface area contributed by atoms with Gasteiger partial charge in [0.2, 0.25) is 5.91 Å². The first-order valence-electron chi connectivity index (χ1n) is 10.9. The number of carbonyl (C=O) groups is 1. The zero-order chi connectivity index (χ0) is 23.2. The molecule has 170 valence electrons. The van der Waals surface area contributed by atoms with Crippen molar-refractivity contribution in [2.45, 2.75) is 31.8 Å². The largest absolute Gasteiger partial charge is 0.507 e. The van der Waals surface area contributed by atoms with E-state index in [0.717, 1.165) is 37.1 Å². The van der Waals surface area contributed by atoms with Crippen LogP contribution in [-0.4, -0.2) is 45.1 Å². The highest BCUT2D eigenvalue weighted by molar-refractivity contribution is 6.31. The van der Waals surface area contributed by atoms with Crippen LogP contribution in [0.15, 0.2) is 48.7 Å². The average Bonchev–Trinajstić information content (AvgIpc) is 3.23. The van der Waals surface area contributed by atoms with Crippen LogP contribution in [-0.2, 0) is 11.3 Å². The molecule has 1 aliphatic rings. The van der Waals surface area contributed by atoms with Gasteiger partial charge in [-0.1, -0.05) is 29.9 Å². The highest BCUT2D eigenvalue weighted by atomic mass is 35.5. The number of rotatable bonds is 5. The van der Waals surface area contributed by atoms with Gasteiger partial charge in [-0.2, -0.15) is 5.10 Å². The predicted molar refractivity (Wildman–Crippen MR) is 128 cm³/mol. The fourth-order valence-corrected chi connectivity index (χ4v) is 3.88. The Balaban J connectivity index is 1.54. The number of amides is 1. The molecule has 0 aliphatic carbocycles. The molecule has 0 bridgehead atoms. The molecule has 1 saturated heterocycles. The highest BCUT2D eigenvalue weighted by Gasteiger charge is 2.20. The van der Waals surface area contributed by atoms with Gasteiger partial charge in [0.25, 0.3) is 0 Å². The van der Waals surface area contributed by atoms with Crippen LogP contribution in [0.1, 0.15) is 30.4 Å². The quantitative estimate of drug-likeness (QED) is 0.434. The number of piperidine rings is 1. The minimum atomic E-state index is -0.144. The van der Waals surface area contributed by atoms with Gasteiger partial charge < -0.3 is 20.8 Å². The maximum Gasteiger partial charge on any atom is 0.241 e. The summed E-state index contributed by atoms with van der Waals surface area (Å²) in [4.78, 5) is 12.4. The van der Waals surface area contributed by atoms with E-state index in [4.69, 9.17) is 11.6 Å². The Labute approximate surface area is 197 Å². The van der Waals surface area contributed by atoms with E-state index in [2.05, 4.69) is 27.6 Å². The third kappa shape index (κ3) is 5.74. The molecular formula is C25H25ClN4O3. The number of hydrogen-bond acceptors (Lipinski definition) is 5. The molecular weight excluding hydrogens is 440 g/mol. The van der Waals surface area contributed by atoms with Crippen LogP contribution in [0, 0.1) is 11.8 Å². The SMILES string of the molecule is O=C(Nc1ccc(C#Cc2cn(CCO)nc2-c2cc(Cl)ccc2O)cc1)C1CCCCN1. The Bertz CT molecular complexity index is 1190. The minimum absolute atomic E-state index is 0.0178. The molecule has 2 heterocycles. The number of nitrogens with one attached hydrogen (secondary N) is 2. The van der Waals surface area contributed by atoms with Crippen molar-refractivity contribution in [1.82, 2.24) is 15.1 Å². The second kappa shape index (κ2) is 10.5. The maximum atomic E-state index is 12.4. The molecule has 4 N–H and O–H groups in total. The van der Waals surface area contributed by atoms with Crippen LogP contribution < -0.4 is 10.6 Å². The van der Waals surface area contributed by atoms with Crippen LogP contribution >= 0.6 is 11.6 Å². The smallest absolute Gasteiger partial charge is 0.241 e. The first-order chi connectivity index (χ1) is 16.0. The van der Waals surface area contributed by atoms with Gasteiger partial charge in [-0.05, 0) is 61.9 Å². The van der Waals surface area contributed by atoms with Crippen molar-refractivity contribution in [3.63, 3.8) is 0 Å². The van der Waals surface area contributed by atoms with E-state index in [1.807, 2.05) is 24.3 Å². The van der Waals surface area contributed by atoms with Gasteiger partial charge >= 0.3 is 0 Å². The maximum absolute atomic E-state index is 12.4. The summed E-state index contributed by atoms with van der Waals surface area (Å²) < 4.78 is 1.58. The van der Waals surface area contributed by atoms with E-state index < -0.39 is 0 Å². The van der Waals surface area contributed by atoms with Gasteiger partial charge in [-0.3, -0.25) is 9.48 Å². The van der Waals surface area contributed by atoms with Crippen molar-refractivity contribution in [2.75, 3.05) is 18.5 Å². The number of anilines is 1. The van der Waals surface area contributed by atoms with Gasteiger partial charge in [0, 0.05) is 28.0 Å². The fourth-order valence-electron chi connectivity index (χ4n) is 3.71. The molecule has 4 rings (SSSR count). The molecule has 1 atom stereocenters. The molecule has 2 aromatic carbocycles. The predicted octanol–water partition coefficient (Wildman–Crippen LogP) is 3.38. The number of hydrogen-bond donors (Lipinski definition) is 4. The molecule has 1 fully saturated rings. The summed E-state index contributed by atoms with van der Waals surface area (Å²) in [5.41, 5.74) is 3.04. The fraction of sp³-hybridized carbons (Fsp3) is 0.280. The molecule has 3 aromatic rings. The summed E-state index contributed by atoms with van der Waals surface area (Å²) in [6.45, 7) is 1.11. The van der Waals surface area contributed by atoms with Crippen molar-refractivity contribution in [1.29, 1.82) is 0 Å². The second-order valence-electron chi connectivity index (χ2n) is 7.86. The van der Waals surface area contributed by atoms with Crippen LogP contribution in [0.25, 0.3) is 11.3 Å². The van der Waals surface area contributed by atoms with E-state index in [9.17, 15) is 15.0 Å². The lowest BCUT2D eigenvalue weighted by atomic mass is 10.0. The summed E-state index contributed by atoms with van der Waals surface area (Å²) >= 11 is 6.10. The van der Waals surface area contributed by atoms with Crippen LogP contribution in [0.2, 0.25) is 5.02 Å². The lowest BCUT2D eigenvalue weighted by Gasteiger charge is -2.22. The van der Waals surface area contributed by atoms with Crippen molar-refractivity contribution in [3.8, 4) is 28.8 Å². The minimum Gasteiger partial charge on any atom is -0.507 e. The molecule has 0 saturated carbocycles. The number of aromatic hydroxyl groups is 1. The number of halogens is 1. The summed E-state index contributed by atoms with van der Waals surface area (Å²) in [5, 5.41) is 30.7. The molecule has 0 spiro atoms. The third-order valence-electron chi connectivity index (χ3n) is 5.43. The Morgan fingerprint density at radius 3 is 2.76 bits per heavy atom. The van der Waals surface area contributed by atoms with E-state index in [1.54, 1.807) is 23.0 Å². The van der Waals surface area contributed by atoms with Crippen molar-refractivity contribution >= 4 is 23.2 Å². The number of aliphatic hydroxyl groups is 1. The molecule has 0 radical (unpaired) electrons. The Hall–Kier alpha value is -3.31. The number of nitrogens with zero attached hydrogens (tertiary/aromatic N) is 2. The third-order valence-corrected chi connectivity index (χ3v) is 5.66. The van der Waals surface area contributed by atoms with E-state index in [-0.39, 0.29) is 24.3 Å². The monoisotopic (exact) mass is 464 g/mol. The first-order valence-corrected chi connectivity index (χ1v) is 11.2. The number of benzene rings is 2.